The Kier molecular flexibility index (Phi) is 3.04. The summed E-state index contributed by atoms with van der Waals surface area (Å²) < 4.78 is 4.66. The number of esters is 1. The normalized spacial score (nSPS) is 21.3. The minimum atomic E-state index is -0.933. The van der Waals surface area contributed by atoms with Crippen LogP contribution in [-0.4, -0.2) is 36.0 Å². The van der Waals surface area contributed by atoms with E-state index in [1.54, 1.807) is 13.8 Å². The summed E-state index contributed by atoms with van der Waals surface area (Å²) in [5.41, 5.74) is -0.933. The van der Waals surface area contributed by atoms with Gasteiger partial charge in [-0.3, -0.25) is 4.79 Å². The number of methoxy groups -OCH3 is 1. The topological polar surface area (TPSA) is 46.6 Å². The second kappa shape index (κ2) is 3.93. The lowest BCUT2D eigenvalue weighted by molar-refractivity contribution is -0.157. The van der Waals surface area contributed by atoms with Gasteiger partial charge in [-0.2, -0.15) is 0 Å². The Labute approximate surface area is 89.6 Å². The summed E-state index contributed by atoms with van der Waals surface area (Å²) in [6.07, 6.45) is 5.58. The predicted molar refractivity (Wildman–Crippen MR) is 54.7 cm³/mol. The molecule has 0 aromatic carbocycles. The van der Waals surface area contributed by atoms with Crippen LogP contribution in [0.5, 0.6) is 0 Å². The largest absolute Gasteiger partial charge is 0.467 e. The summed E-state index contributed by atoms with van der Waals surface area (Å²) in [7, 11) is 1.31. The monoisotopic (exact) mass is 209 g/mol. The number of likely N-dealkylation sites (tertiary alicyclic amines) is 1. The SMILES string of the molecule is C#CC1CC(=O)N(C(C)(C)C(=O)OC)C1. The highest BCUT2D eigenvalue weighted by Crippen LogP contribution is 2.26. The molecule has 1 fully saturated rings. The van der Waals surface area contributed by atoms with Crippen LogP contribution >= 0.6 is 0 Å². The number of nitrogens with zero attached hydrogens (tertiary/aromatic N) is 1. The second-order valence-electron chi connectivity index (χ2n) is 4.12. The zero-order valence-corrected chi connectivity index (χ0v) is 9.24. The van der Waals surface area contributed by atoms with Crippen LogP contribution in [0.15, 0.2) is 0 Å². The van der Waals surface area contributed by atoms with Gasteiger partial charge in [-0.05, 0) is 13.8 Å². The molecule has 4 heteroatoms. The summed E-state index contributed by atoms with van der Waals surface area (Å²) in [5, 5.41) is 0. The number of amides is 1. The van der Waals surface area contributed by atoms with E-state index in [0.717, 1.165) is 0 Å². The molecule has 15 heavy (non-hydrogen) atoms. The highest BCUT2D eigenvalue weighted by molar-refractivity contribution is 5.88. The van der Waals surface area contributed by atoms with E-state index >= 15 is 0 Å². The molecule has 1 atom stereocenters. The van der Waals surface area contributed by atoms with Gasteiger partial charge in [0.05, 0.1) is 7.11 Å². The molecule has 1 aliphatic rings. The molecule has 0 aromatic rings. The van der Waals surface area contributed by atoms with Crippen molar-refractivity contribution in [1.82, 2.24) is 4.90 Å². The van der Waals surface area contributed by atoms with Crippen LogP contribution in [0.2, 0.25) is 0 Å². The van der Waals surface area contributed by atoms with Gasteiger partial charge < -0.3 is 9.64 Å². The summed E-state index contributed by atoms with van der Waals surface area (Å²) in [5.74, 6) is 1.93. The van der Waals surface area contributed by atoms with E-state index in [1.807, 2.05) is 0 Å². The van der Waals surface area contributed by atoms with Gasteiger partial charge in [-0.15, -0.1) is 12.3 Å². The zero-order chi connectivity index (χ0) is 11.6. The minimum Gasteiger partial charge on any atom is -0.467 e. The van der Waals surface area contributed by atoms with Crippen molar-refractivity contribution >= 4 is 11.9 Å². The highest BCUT2D eigenvalue weighted by atomic mass is 16.5. The van der Waals surface area contributed by atoms with E-state index in [0.29, 0.717) is 13.0 Å². The Morgan fingerprint density at radius 1 is 1.67 bits per heavy atom. The highest BCUT2D eigenvalue weighted by Gasteiger charge is 2.43. The maximum absolute atomic E-state index is 11.6. The van der Waals surface area contributed by atoms with E-state index in [4.69, 9.17) is 6.42 Å². The molecule has 0 N–H and O–H groups in total. The Morgan fingerprint density at radius 2 is 2.27 bits per heavy atom. The number of terminal acetylenes is 1. The lowest BCUT2D eigenvalue weighted by Gasteiger charge is -2.32. The molecular formula is C11H15NO3. The van der Waals surface area contributed by atoms with Crippen molar-refractivity contribution in [3.8, 4) is 12.3 Å². The van der Waals surface area contributed by atoms with Crippen molar-refractivity contribution in [2.24, 2.45) is 5.92 Å². The molecule has 4 nitrogen and oxygen atoms in total. The smallest absolute Gasteiger partial charge is 0.331 e. The van der Waals surface area contributed by atoms with Crippen LogP contribution in [0.4, 0.5) is 0 Å². The minimum absolute atomic E-state index is 0.0895. The average molecular weight is 209 g/mol. The lowest BCUT2D eigenvalue weighted by Crippen LogP contribution is -2.51. The fourth-order valence-electron chi connectivity index (χ4n) is 1.72. The number of carbonyl (C=O) groups excluding carboxylic acids is 2. The molecule has 0 spiro atoms. The van der Waals surface area contributed by atoms with Crippen molar-refractivity contribution < 1.29 is 14.3 Å². The molecule has 0 aromatic heterocycles. The van der Waals surface area contributed by atoms with Gasteiger partial charge in [0.2, 0.25) is 5.91 Å². The van der Waals surface area contributed by atoms with E-state index in [2.05, 4.69) is 10.7 Å². The van der Waals surface area contributed by atoms with Crippen LogP contribution in [0.25, 0.3) is 0 Å². The number of hydrogen-bond acceptors (Lipinski definition) is 3. The van der Waals surface area contributed by atoms with Crippen LogP contribution in [0.1, 0.15) is 20.3 Å². The maximum Gasteiger partial charge on any atom is 0.331 e. The second-order valence-corrected chi connectivity index (χ2v) is 4.12. The number of rotatable bonds is 2. The quantitative estimate of drug-likeness (QED) is 0.489. The van der Waals surface area contributed by atoms with Crippen molar-refractivity contribution in [3.05, 3.63) is 0 Å². The Balaban J connectivity index is 2.86. The molecule has 1 unspecified atom stereocenters. The van der Waals surface area contributed by atoms with Gasteiger partial charge in [0, 0.05) is 18.9 Å². The van der Waals surface area contributed by atoms with E-state index in [1.165, 1.54) is 12.0 Å². The zero-order valence-electron chi connectivity index (χ0n) is 9.24. The molecule has 1 saturated heterocycles. The molecule has 0 radical (unpaired) electrons. The number of hydrogen-bond donors (Lipinski definition) is 0. The fourth-order valence-corrected chi connectivity index (χ4v) is 1.72. The van der Waals surface area contributed by atoms with E-state index < -0.39 is 11.5 Å². The van der Waals surface area contributed by atoms with Gasteiger partial charge >= 0.3 is 5.97 Å². The van der Waals surface area contributed by atoms with E-state index in [9.17, 15) is 9.59 Å². The molecule has 0 bridgehead atoms. The van der Waals surface area contributed by atoms with Gasteiger partial charge in [-0.1, -0.05) is 0 Å². The standard InChI is InChI=1S/C11H15NO3/c1-5-8-6-9(13)12(7-8)11(2,3)10(14)15-4/h1,8H,6-7H2,2-4H3. The summed E-state index contributed by atoms with van der Waals surface area (Å²) in [6, 6.07) is 0. The molecule has 82 valence electrons. The first kappa shape index (κ1) is 11.6. The van der Waals surface area contributed by atoms with Gasteiger partial charge in [-0.25, -0.2) is 4.79 Å². The molecule has 1 amide bonds. The van der Waals surface area contributed by atoms with E-state index in [-0.39, 0.29) is 11.8 Å². The third-order valence-corrected chi connectivity index (χ3v) is 2.72. The molecule has 0 aliphatic carbocycles. The summed E-state index contributed by atoms with van der Waals surface area (Å²) in [4.78, 5) is 24.6. The summed E-state index contributed by atoms with van der Waals surface area (Å²) in [6.45, 7) is 3.75. The van der Waals surface area contributed by atoms with Crippen molar-refractivity contribution in [1.29, 1.82) is 0 Å². The number of ether oxygens (including phenoxy) is 1. The van der Waals surface area contributed by atoms with Crippen LogP contribution in [0, 0.1) is 18.3 Å². The van der Waals surface area contributed by atoms with Gasteiger partial charge in [0.15, 0.2) is 0 Å². The molecule has 1 heterocycles. The Hall–Kier alpha value is -1.50. The first-order valence-corrected chi connectivity index (χ1v) is 4.78. The Morgan fingerprint density at radius 3 is 2.67 bits per heavy atom. The first-order valence-electron chi connectivity index (χ1n) is 4.78. The predicted octanol–water partition coefficient (Wildman–Crippen LogP) is 0.420. The van der Waals surface area contributed by atoms with Crippen LogP contribution in [-0.2, 0) is 14.3 Å². The molecule has 1 aliphatic heterocycles. The van der Waals surface area contributed by atoms with Gasteiger partial charge in [0.1, 0.15) is 5.54 Å². The fraction of sp³-hybridized carbons (Fsp3) is 0.636. The third kappa shape index (κ3) is 1.96. The third-order valence-electron chi connectivity index (χ3n) is 2.72. The van der Waals surface area contributed by atoms with Crippen LogP contribution in [0.3, 0.4) is 0 Å². The molecule has 0 saturated carbocycles. The van der Waals surface area contributed by atoms with Crippen molar-refractivity contribution in [3.63, 3.8) is 0 Å². The molecular weight excluding hydrogens is 194 g/mol. The van der Waals surface area contributed by atoms with Gasteiger partial charge in [0.25, 0.3) is 0 Å². The van der Waals surface area contributed by atoms with Crippen molar-refractivity contribution in [2.45, 2.75) is 25.8 Å². The first-order chi connectivity index (χ1) is 6.93. The lowest BCUT2D eigenvalue weighted by atomic mass is 10.0. The number of carbonyl (C=O) groups is 2. The summed E-state index contributed by atoms with van der Waals surface area (Å²) >= 11 is 0. The maximum atomic E-state index is 11.6. The van der Waals surface area contributed by atoms with Crippen LogP contribution < -0.4 is 0 Å². The van der Waals surface area contributed by atoms with Crippen molar-refractivity contribution in [2.75, 3.05) is 13.7 Å². The molecule has 1 rings (SSSR count). The Bertz CT molecular complexity index is 327. The average Bonchev–Trinajstić information content (AvgIpc) is 2.58.